The van der Waals surface area contributed by atoms with Crippen molar-refractivity contribution in [2.45, 2.75) is 27.7 Å². The van der Waals surface area contributed by atoms with Crippen molar-refractivity contribution in [3.05, 3.63) is 70.8 Å². The molecule has 2 heteroatoms. The summed E-state index contributed by atoms with van der Waals surface area (Å²) in [5.41, 5.74) is 5.70. The van der Waals surface area contributed by atoms with Crippen molar-refractivity contribution in [2.75, 3.05) is 0 Å². The van der Waals surface area contributed by atoms with E-state index < -0.39 is 0 Å². The Morgan fingerprint density at radius 3 is 1.35 bits per heavy atom. The predicted molar refractivity (Wildman–Crippen MR) is 109 cm³/mol. The highest BCUT2D eigenvalue weighted by molar-refractivity contribution is 6.09. The molecule has 0 unspecified atom stereocenters. The Bertz CT molecular complexity index is 1090. The van der Waals surface area contributed by atoms with Gasteiger partial charge in [0.15, 0.2) is 0 Å². The summed E-state index contributed by atoms with van der Waals surface area (Å²) in [5.74, 6) is 0.696. The highest BCUT2D eigenvalue weighted by Crippen LogP contribution is 2.41. The molecule has 130 valence electrons. The van der Waals surface area contributed by atoms with Gasteiger partial charge in [-0.25, -0.2) is 0 Å². The number of benzene rings is 4. The summed E-state index contributed by atoms with van der Waals surface area (Å²) in [6, 6.07) is 16.5. The number of aryl methyl sites for hydroxylation is 4. The molecule has 0 saturated heterocycles. The Kier molecular flexibility index (Phi) is 3.66. The molecule has 0 aliphatic rings. The third-order valence-electron chi connectivity index (χ3n) is 5.44. The van der Waals surface area contributed by atoms with Crippen LogP contribution in [0.1, 0.15) is 22.3 Å². The Labute approximate surface area is 153 Å². The lowest BCUT2D eigenvalue weighted by atomic mass is 9.88. The van der Waals surface area contributed by atoms with Crippen LogP contribution in [-0.4, -0.2) is 10.2 Å². The normalized spacial score (nSPS) is 11.4. The van der Waals surface area contributed by atoms with Gasteiger partial charge >= 0.3 is 0 Å². The summed E-state index contributed by atoms with van der Waals surface area (Å²) in [6.45, 7) is 7.79. The van der Waals surface area contributed by atoms with Gasteiger partial charge in [-0.3, -0.25) is 0 Å². The third-order valence-corrected chi connectivity index (χ3v) is 5.44. The van der Waals surface area contributed by atoms with Crippen LogP contribution in [0.2, 0.25) is 0 Å². The van der Waals surface area contributed by atoms with E-state index in [4.69, 9.17) is 0 Å². The SMILES string of the molecule is Cc1cc2cccc(-c3cccc4cc(C)c(O)c(C)c34)c2c(C)c1O. The molecule has 0 fully saturated rings. The molecule has 0 saturated carbocycles. The number of hydrogen-bond donors (Lipinski definition) is 2. The van der Waals surface area contributed by atoms with E-state index in [1.54, 1.807) is 0 Å². The minimum Gasteiger partial charge on any atom is -0.507 e. The maximum Gasteiger partial charge on any atom is 0.122 e. The minimum absolute atomic E-state index is 0.348. The first-order valence-corrected chi connectivity index (χ1v) is 8.84. The molecule has 0 radical (unpaired) electrons. The quantitative estimate of drug-likeness (QED) is 0.426. The maximum atomic E-state index is 10.5. The smallest absolute Gasteiger partial charge is 0.122 e. The lowest BCUT2D eigenvalue weighted by Crippen LogP contribution is -1.91. The van der Waals surface area contributed by atoms with Crippen LogP contribution in [0.5, 0.6) is 11.5 Å². The van der Waals surface area contributed by atoms with Gasteiger partial charge in [-0.05, 0) is 94.8 Å². The fraction of sp³-hybridized carbons (Fsp3) is 0.167. The van der Waals surface area contributed by atoms with Crippen LogP contribution in [0.3, 0.4) is 0 Å². The van der Waals surface area contributed by atoms with Crippen molar-refractivity contribution in [3.63, 3.8) is 0 Å². The summed E-state index contributed by atoms with van der Waals surface area (Å²) in [6.07, 6.45) is 0. The maximum absolute atomic E-state index is 10.5. The van der Waals surface area contributed by atoms with Crippen LogP contribution < -0.4 is 0 Å². The van der Waals surface area contributed by atoms with Crippen LogP contribution in [0, 0.1) is 27.7 Å². The third kappa shape index (κ3) is 2.26. The fourth-order valence-corrected chi connectivity index (χ4v) is 4.10. The van der Waals surface area contributed by atoms with Crippen LogP contribution in [0.15, 0.2) is 48.5 Å². The largest absolute Gasteiger partial charge is 0.507 e. The molecule has 0 aliphatic heterocycles. The summed E-state index contributed by atoms with van der Waals surface area (Å²) >= 11 is 0. The highest BCUT2D eigenvalue weighted by atomic mass is 16.3. The minimum atomic E-state index is 0.348. The van der Waals surface area contributed by atoms with Gasteiger partial charge in [-0.15, -0.1) is 0 Å². The van der Waals surface area contributed by atoms with Crippen molar-refractivity contribution in [2.24, 2.45) is 0 Å². The number of fused-ring (bicyclic) bond motifs is 2. The van der Waals surface area contributed by atoms with E-state index in [1.165, 1.54) is 0 Å². The zero-order valence-electron chi connectivity index (χ0n) is 15.5. The number of aromatic hydroxyl groups is 2. The van der Waals surface area contributed by atoms with Gasteiger partial charge in [0.2, 0.25) is 0 Å². The van der Waals surface area contributed by atoms with Gasteiger partial charge in [0, 0.05) is 0 Å². The van der Waals surface area contributed by atoms with E-state index in [0.717, 1.165) is 54.9 Å². The van der Waals surface area contributed by atoms with Gasteiger partial charge < -0.3 is 10.2 Å². The van der Waals surface area contributed by atoms with Crippen molar-refractivity contribution < 1.29 is 10.2 Å². The standard InChI is InChI=1S/C24H22O2/c1-13-11-17-7-5-9-19(21(17)15(3)23(13)25)20-10-6-8-18-12-14(2)24(26)16(4)22(18)20/h5-12,25-26H,1-4H3. The molecule has 26 heavy (non-hydrogen) atoms. The zero-order chi connectivity index (χ0) is 18.6. The van der Waals surface area contributed by atoms with Crippen LogP contribution >= 0.6 is 0 Å². The Balaban J connectivity index is 2.19. The molecular weight excluding hydrogens is 320 g/mol. The zero-order valence-corrected chi connectivity index (χ0v) is 15.5. The molecule has 0 aliphatic carbocycles. The van der Waals surface area contributed by atoms with Gasteiger partial charge in [0.1, 0.15) is 11.5 Å². The van der Waals surface area contributed by atoms with Crippen LogP contribution in [0.4, 0.5) is 0 Å². The number of phenols is 2. The molecule has 0 heterocycles. The van der Waals surface area contributed by atoms with Crippen molar-refractivity contribution >= 4 is 21.5 Å². The molecule has 4 rings (SSSR count). The molecule has 4 aromatic carbocycles. The number of hydrogen-bond acceptors (Lipinski definition) is 2. The second-order valence-corrected chi connectivity index (χ2v) is 7.14. The molecule has 0 amide bonds. The first kappa shape index (κ1) is 16.5. The lowest BCUT2D eigenvalue weighted by molar-refractivity contribution is 0.467. The van der Waals surface area contributed by atoms with E-state index >= 15 is 0 Å². The summed E-state index contributed by atoms with van der Waals surface area (Å²) in [7, 11) is 0. The Morgan fingerprint density at radius 1 is 0.577 bits per heavy atom. The molecule has 2 nitrogen and oxygen atoms in total. The average molecular weight is 342 g/mol. The molecule has 0 spiro atoms. The predicted octanol–water partition coefficient (Wildman–Crippen LogP) is 6.30. The van der Waals surface area contributed by atoms with E-state index in [2.05, 4.69) is 36.4 Å². The number of phenolic OH excluding ortho intramolecular Hbond substituents is 2. The molecule has 0 bridgehead atoms. The van der Waals surface area contributed by atoms with Gasteiger partial charge in [-0.1, -0.05) is 36.4 Å². The average Bonchev–Trinajstić information content (AvgIpc) is 2.63. The van der Waals surface area contributed by atoms with E-state index in [-0.39, 0.29) is 0 Å². The van der Waals surface area contributed by atoms with E-state index in [9.17, 15) is 10.2 Å². The van der Waals surface area contributed by atoms with Gasteiger partial charge in [0.05, 0.1) is 0 Å². The van der Waals surface area contributed by atoms with Crippen molar-refractivity contribution in [1.82, 2.24) is 0 Å². The molecule has 4 aromatic rings. The fourth-order valence-electron chi connectivity index (χ4n) is 4.10. The Hall–Kier alpha value is -3.00. The molecule has 0 atom stereocenters. The van der Waals surface area contributed by atoms with E-state index in [1.807, 2.05) is 39.8 Å². The Morgan fingerprint density at radius 2 is 0.962 bits per heavy atom. The first-order chi connectivity index (χ1) is 12.4. The molecule has 2 N–H and O–H groups in total. The lowest BCUT2D eigenvalue weighted by Gasteiger charge is -2.17. The summed E-state index contributed by atoms with van der Waals surface area (Å²) in [5, 5.41) is 25.3. The topological polar surface area (TPSA) is 40.5 Å². The second kappa shape index (κ2) is 5.77. The summed E-state index contributed by atoms with van der Waals surface area (Å²) < 4.78 is 0. The molecular formula is C24H22O2. The van der Waals surface area contributed by atoms with E-state index in [0.29, 0.717) is 11.5 Å². The van der Waals surface area contributed by atoms with Crippen LogP contribution in [0.25, 0.3) is 32.7 Å². The summed E-state index contributed by atoms with van der Waals surface area (Å²) in [4.78, 5) is 0. The van der Waals surface area contributed by atoms with Gasteiger partial charge in [0.25, 0.3) is 0 Å². The second-order valence-electron chi connectivity index (χ2n) is 7.14. The number of rotatable bonds is 1. The molecule has 0 aromatic heterocycles. The monoisotopic (exact) mass is 342 g/mol. The van der Waals surface area contributed by atoms with Crippen molar-refractivity contribution in [1.29, 1.82) is 0 Å². The highest BCUT2D eigenvalue weighted by Gasteiger charge is 2.16. The van der Waals surface area contributed by atoms with Crippen LogP contribution in [-0.2, 0) is 0 Å². The van der Waals surface area contributed by atoms with Gasteiger partial charge in [-0.2, -0.15) is 0 Å². The first-order valence-electron chi connectivity index (χ1n) is 8.84. The van der Waals surface area contributed by atoms with Crippen molar-refractivity contribution in [3.8, 4) is 22.6 Å².